The Morgan fingerprint density at radius 2 is 1.59 bits per heavy atom. The van der Waals surface area contributed by atoms with E-state index in [-0.39, 0.29) is 16.2 Å². The van der Waals surface area contributed by atoms with Gasteiger partial charge in [0.25, 0.3) is 0 Å². The molecule has 0 saturated carbocycles. The van der Waals surface area contributed by atoms with Crippen molar-refractivity contribution in [3.63, 3.8) is 0 Å². The summed E-state index contributed by atoms with van der Waals surface area (Å²) in [5.41, 5.74) is 0.0297. The third kappa shape index (κ3) is 3.76. The summed E-state index contributed by atoms with van der Waals surface area (Å²) in [4.78, 5) is 11.2. The molecule has 2 aromatic rings. The third-order valence-electron chi connectivity index (χ3n) is 2.85. The summed E-state index contributed by atoms with van der Waals surface area (Å²) in [7, 11) is -1.85. The zero-order chi connectivity index (χ0) is 16.3. The highest BCUT2D eigenvalue weighted by Crippen LogP contribution is 2.28. The molecule has 0 amide bonds. The molecule has 0 aliphatic rings. The lowest BCUT2D eigenvalue weighted by molar-refractivity contribution is 0.0696. The fourth-order valence-corrected chi connectivity index (χ4v) is 2.39. The average molecular weight is 322 g/mol. The smallest absolute Gasteiger partial charge is 0.335 e. The second-order valence-electron chi connectivity index (χ2n) is 4.55. The number of carboxylic acid groups (broad SMARTS) is 1. The second-order valence-corrected chi connectivity index (χ2v) is 6.56. The van der Waals surface area contributed by atoms with E-state index in [9.17, 15) is 13.2 Å². The van der Waals surface area contributed by atoms with Crippen molar-refractivity contribution in [3.8, 4) is 17.2 Å². The Morgan fingerprint density at radius 1 is 1.00 bits per heavy atom. The maximum Gasteiger partial charge on any atom is 0.335 e. The number of hydrogen-bond donors (Lipinski definition) is 1. The van der Waals surface area contributed by atoms with Crippen LogP contribution in [0.2, 0.25) is 0 Å². The summed E-state index contributed by atoms with van der Waals surface area (Å²) in [6, 6.07) is 10.1. The van der Waals surface area contributed by atoms with E-state index in [0.29, 0.717) is 11.5 Å². The predicted molar refractivity (Wildman–Crippen MR) is 79.6 cm³/mol. The van der Waals surface area contributed by atoms with Gasteiger partial charge in [0.2, 0.25) is 0 Å². The van der Waals surface area contributed by atoms with Gasteiger partial charge in [-0.05, 0) is 36.4 Å². The first-order chi connectivity index (χ1) is 10.3. The molecular formula is C15H14O6S. The van der Waals surface area contributed by atoms with E-state index in [1.165, 1.54) is 49.6 Å². The molecule has 1 N–H and O–H groups in total. The maximum atomic E-state index is 11.4. The Labute approximate surface area is 127 Å². The Bertz CT molecular complexity index is 793. The van der Waals surface area contributed by atoms with E-state index < -0.39 is 15.8 Å². The number of ether oxygens (including phenoxy) is 2. The van der Waals surface area contributed by atoms with Crippen molar-refractivity contribution in [2.45, 2.75) is 4.90 Å². The topological polar surface area (TPSA) is 89.9 Å². The van der Waals surface area contributed by atoms with Gasteiger partial charge in [0.05, 0.1) is 17.6 Å². The van der Waals surface area contributed by atoms with Crippen LogP contribution >= 0.6 is 0 Å². The first-order valence-corrected chi connectivity index (χ1v) is 8.09. The van der Waals surface area contributed by atoms with Crippen LogP contribution in [0.15, 0.2) is 47.4 Å². The SMILES string of the molecule is COc1cc(Oc2ccc(S(C)(=O)=O)cc2)cc(C(=O)O)c1. The van der Waals surface area contributed by atoms with E-state index in [1.54, 1.807) is 0 Å². The third-order valence-corrected chi connectivity index (χ3v) is 3.98. The highest BCUT2D eigenvalue weighted by molar-refractivity contribution is 7.90. The molecule has 0 spiro atoms. The molecule has 0 aliphatic carbocycles. The largest absolute Gasteiger partial charge is 0.497 e. The van der Waals surface area contributed by atoms with Crippen LogP contribution < -0.4 is 9.47 Å². The molecule has 0 fully saturated rings. The van der Waals surface area contributed by atoms with Gasteiger partial charge in [-0.15, -0.1) is 0 Å². The maximum absolute atomic E-state index is 11.4. The van der Waals surface area contributed by atoms with Gasteiger partial charge >= 0.3 is 5.97 Å². The van der Waals surface area contributed by atoms with E-state index in [1.807, 2.05) is 0 Å². The van der Waals surface area contributed by atoms with E-state index in [0.717, 1.165) is 6.26 Å². The molecule has 0 unspecified atom stereocenters. The van der Waals surface area contributed by atoms with Crippen LogP contribution in [0.1, 0.15) is 10.4 Å². The van der Waals surface area contributed by atoms with Crippen LogP contribution in [0, 0.1) is 0 Å². The van der Waals surface area contributed by atoms with Crippen LogP contribution in [0.4, 0.5) is 0 Å². The zero-order valence-electron chi connectivity index (χ0n) is 11.9. The van der Waals surface area contributed by atoms with Gasteiger partial charge in [0.15, 0.2) is 9.84 Å². The fourth-order valence-electron chi connectivity index (χ4n) is 1.76. The van der Waals surface area contributed by atoms with Crippen LogP contribution in [0.3, 0.4) is 0 Å². The minimum atomic E-state index is -3.27. The van der Waals surface area contributed by atoms with E-state index >= 15 is 0 Å². The Kier molecular flexibility index (Phi) is 4.37. The summed E-state index contributed by atoms with van der Waals surface area (Å²) in [6.07, 6.45) is 1.12. The molecule has 22 heavy (non-hydrogen) atoms. The fraction of sp³-hybridized carbons (Fsp3) is 0.133. The van der Waals surface area contributed by atoms with Gasteiger partial charge in [-0.1, -0.05) is 0 Å². The van der Waals surface area contributed by atoms with E-state index in [4.69, 9.17) is 14.6 Å². The summed E-state index contributed by atoms with van der Waals surface area (Å²) < 4.78 is 33.3. The number of rotatable bonds is 5. The molecule has 0 atom stereocenters. The van der Waals surface area contributed by atoms with Crippen molar-refractivity contribution < 1.29 is 27.8 Å². The normalized spacial score (nSPS) is 11.0. The van der Waals surface area contributed by atoms with Crippen molar-refractivity contribution in [3.05, 3.63) is 48.0 Å². The molecule has 0 saturated heterocycles. The van der Waals surface area contributed by atoms with Crippen LogP contribution in [0.25, 0.3) is 0 Å². The molecule has 0 heterocycles. The molecule has 116 valence electrons. The van der Waals surface area contributed by atoms with Gasteiger partial charge < -0.3 is 14.6 Å². The highest BCUT2D eigenvalue weighted by atomic mass is 32.2. The Balaban J connectivity index is 2.30. The summed E-state index contributed by atoms with van der Waals surface area (Å²) >= 11 is 0. The first-order valence-electron chi connectivity index (χ1n) is 6.20. The lowest BCUT2D eigenvalue weighted by Crippen LogP contribution is -1.98. The monoisotopic (exact) mass is 322 g/mol. The summed E-state index contributed by atoms with van der Waals surface area (Å²) in [5, 5.41) is 9.04. The molecule has 7 heteroatoms. The average Bonchev–Trinajstić information content (AvgIpc) is 2.46. The Hall–Kier alpha value is -2.54. The quantitative estimate of drug-likeness (QED) is 0.910. The molecule has 0 radical (unpaired) electrons. The molecule has 0 aliphatic heterocycles. The molecule has 2 aromatic carbocycles. The molecule has 0 bridgehead atoms. The highest BCUT2D eigenvalue weighted by Gasteiger charge is 2.10. The number of carbonyl (C=O) groups is 1. The molecule has 2 rings (SSSR count). The number of aromatic carboxylic acids is 1. The second kappa shape index (κ2) is 6.07. The van der Waals surface area contributed by atoms with Crippen LogP contribution in [-0.4, -0.2) is 32.9 Å². The van der Waals surface area contributed by atoms with Crippen molar-refractivity contribution in [1.82, 2.24) is 0 Å². The minimum absolute atomic E-state index is 0.0297. The van der Waals surface area contributed by atoms with Gasteiger partial charge in [-0.3, -0.25) is 0 Å². The van der Waals surface area contributed by atoms with Gasteiger partial charge in [0, 0.05) is 12.3 Å². The molecule has 0 aromatic heterocycles. The van der Waals surface area contributed by atoms with Crippen molar-refractivity contribution in [2.24, 2.45) is 0 Å². The number of benzene rings is 2. The molecular weight excluding hydrogens is 308 g/mol. The number of sulfone groups is 1. The number of carboxylic acids is 1. The van der Waals surface area contributed by atoms with Crippen molar-refractivity contribution in [2.75, 3.05) is 13.4 Å². The summed E-state index contributed by atoms with van der Waals surface area (Å²) in [5.74, 6) is -0.0836. The Morgan fingerprint density at radius 3 is 2.09 bits per heavy atom. The standard InChI is InChI=1S/C15H14O6S/c1-20-12-7-10(15(16)17)8-13(9-12)21-11-3-5-14(6-4-11)22(2,18)19/h3-9H,1-2H3,(H,16,17). The number of hydrogen-bond acceptors (Lipinski definition) is 5. The first kappa shape index (κ1) is 15.8. The molecule has 6 nitrogen and oxygen atoms in total. The lowest BCUT2D eigenvalue weighted by atomic mass is 10.2. The van der Waals surface area contributed by atoms with Crippen LogP contribution in [0.5, 0.6) is 17.2 Å². The van der Waals surface area contributed by atoms with E-state index in [2.05, 4.69) is 0 Å². The summed E-state index contributed by atoms with van der Waals surface area (Å²) in [6.45, 7) is 0. The predicted octanol–water partition coefficient (Wildman–Crippen LogP) is 2.59. The zero-order valence-corrected chi connectivity index (χ0v) is 12.8. The van der Waals surface area contributed by atoms with Crippen LogP contribution in [-0.2, 0) is 9.84 Å². The van der Waals surface area contributed by atoms with Gasteiger partial charge in [0.1, 0.15) is 17.2 Å². The lowest BCUT2D eigenvalue weighted by Gasteiger charge is -2.09. The van der Waals surface area contributed by atoms with Gasteiger partial charge in [-0.2, -0.15) is 0 Å². The minimum Gasteiger partial charge on any atom is -0.497 e. The van der Waals surface area contributed by atoms with Crippen molar-refractivity contribution in [1.29, 1.82) is 0 Å². The van der Waals surface area contributed by atoms with Gasteiger partial charge in [-0.25, -0.2) is 13.2 Å². The van der Waals surface area contributed by atoms with Crippen molar-refractivity contribution >= 4 is 15.8 Å². The number of methoxy groups -OCH3 is 1.